The Labute approximate surface area is 200 Å². The van der Waals surface area contributed by atoms with Crippen LogP contribution in [0.15, 0.2) is 64.5 Å². The van der Waals surface area contributed by atoms with Crippen LogP contribution in [0.4, 0.5) is 0 Å². The summed E-state index contributed by atoms with van der Waals surface area (Å²) < 4.78 is 8.29. The zero-order valence-corrected chi connectivity index (χ0v) is 19.7. The molecule has 1 amide bonds. The van der Waals surface area contributed by atoms with E-state index in [4.69, 9.17) is 16.3 Å². The van der Waals surface area contributed by atoms with Crippen molar-refractivity contribution in [3.63, 3.8) is 0 Å². The Morgan fingerprint density at radius 2 is 1.88 bits per heavy atom. The second-order valence-corrected chi connectivity index (χ2v) is 8.55. The van der Waals surface area contributed by atoms with E-state index in [9.17, 15) is 14.4 Å². The number of hydrogen-bond acceptors (Lipinski definition) is 5. The Bertz CT molecular complexity index is 1540. The standard InChI is InChI=1S/C25H23ClN4O4/c1-4-34-25(33)19-13-18-21(27-20-7-5-6-12-29(20)24(18)32)30(14-15(2)3)22(19)28-23(31)16-8-10-17(26)11-9-16/h5-13,15H,4,14H2,1-3H3. The van der Waals surface area contributed by atoms with E-state index >= 15 is 0 Å². The SMILES string of the molecule is CCOC(=O)c1cc2c(=O)n3ccccc3nc2n(CC(C)C)c1=NC(=O)c1ccc(Cl)cc1. The number of pyridine rings is 2. The molecule has 8 nitrogen and oxygen atoms in total. The summed E-state index contributed by atoms with van der Waals surface area (Å²) in [6.07, 6.45) is 1.61. The number of carbonyl (C=O) groups excluding carboxylic acids is 2. The molecule has 0 saturated carbocycles. The molecule has 174 valence electrons. The minimum Gasteiger partial charge on any atom is -0.462 e. The molecule has 0 aliphatic heterocycles. The number of rotatable bonds is 5. The van der Waals surface area contributed by atoms with Gasteiger partial charge in [0.15, 0.2) is 5.49 Å². The summed E-state index contributed by atoms with van der Waals surface area (Å²) in [5, 5.41) is 0.714. The number of aromatic nitrogens is 3. The monoisotopic (exact) mass is 478 g/mol. The average Bonchev–Trinajstić information content (AvgIpc) is 2.81. The number of amides is 1. The van der Waals surface area contributed by atoms with Crippen molar-refractivity contribution in [3.05, 3.63) is 86.7 Å². The quantitative estimate of drug-likeness (QED) is 0.320. The Hall–Kier alpha value is -3.78. The fourth-order valence-corrected chi connectivity index (χ4v) is 3.77. The van der Waals surface area contributed by atoms with Crippen LogP contribution in [-0.2, 0) is 11.3 Å². The van der Waals surface area contributed by atoms with Gasteiger partial charge in [0.25, 0.3) is 11.5 Å². The van der Waals surface area contributed by atoms with Crippen molar-refractivity contribution in [2.75, 3.05) is 6.61 Å². The molecule has 0 saturated heterocycles. The molecule has 3 heterocycles. The molecule has 0 aliphatic rings. The van der Waals surface area contributed by atoms with Gasteiger partial charge in [0.1, 0.15) is 16.9 Å². The van der Waals surface area contributed by atoms with Crippen LogP contribution in [0.1, 0.15) is 41.5 Å². The van der Waals surface area contributed by atoms with E-state index in [0.29, 0.717) is 28.4 Å². The fourth-order valence-electron chi connectivity index (χ4n) is 3.65. The summed E-state index contributed by atoms with van der Waals surface area (Å²) in [6, 6.07) is 12.9. The lowest BCUT2D eigenvalue weighted by Crippen LogP contribution is -2.33. The van der Waals surface area contributed by atoms with E-state index in [1.54, 1.807) is 60.2 Å². The van der Waals surface area contributed by atoms with Crippen LogP contribution in [0, 0.1) is 5.92 Å². The normalized spacial score (nSPS) is 12.0. The Balaban J connectivity index is 2.12. The van der Waals surface area contributed by atoms with Gasteiger partial charge in [-0.15, -0.1) is 0 Å². The maximum absolute atomic E-state index is 13.3. The van der Waals surface area contributed by atoms with E-state index in [-0.39, 0.29) is 34.5 Å². The minimum atomic E-state index is -0.679. The number of benzene rings is 1. The maximum Gasteiger partial charge on any atom is 0.341 e. The number of esters is 1. The highest BCUT2D eigenvalue weighted by Crippen LogP contribution is 2.14. The number of fused-ring (bicyclic) bond motifs is 2. The lowest BCUT2D eigenvalue weighted by atomic mass is 10.1. The Kier molecular flexibility index (Phi) is 6.61. The highest BCUT2D eigenvalue weighted by atomic mass is 35.5. The van der Waals surface area contributed by atoms with Crippen LogP contribution in [0.5, 0.6) is 0 Å². The predicted octanol–water partition coefficient (Wildman–Crippen LogP) is 3.88. The zero-order chi connectivity index (χ0) is 24.4. The summed E-state index contributed by atoms with van der Waals surface area (Å²) in [4.78, 5) is 48.3. The van der Waals surface area contributed by atoms with Gasteiger partial charge < -0.3 is 9.30 Å². The van der Waals surface area contributed by atoms with Gasteiger partial charge in [0.05, 0.1) is 12.0 Å². The molecule has 0 aliphatic carbocycles. The molecule has 34 heavy (non-hydrogen) atoms. The molecule has 4 rings (SSSR count). The van der Waals surface area contributed by atoms with Crippen molar-refractivity contribution in [3.8, 4) is 0 Å². The molecule has 4 aromatic rings. The fraction of sp³-hybridized carbons (Fsp3) is 0.240. The van der Waals surface area contributed by atoms with Gasteiger partial charge >= 0.3 is 5.97 Å². The second-order valence-electron chi connectivity index (χ2n) is 8.11. The molecular weight excluding hydrogens is 456 g/mol. The summed E-state index contributed by atoms with van der Waals surface area (Å²) in [5.41, 5.74) is 0.858. The number of nitrogens with zero attached hydrogens (tertiary/aromatic N) is 4. The first-order valence-electron chi connectivity index (χ1n) is 10.9. The largest absolute Gasteiger partial charge is 0.462 e. The summed E-state index contributed by atoms with van der Waals surface area (Å²) in [6.45, 7) is 6.14. The molecule has 9 heteroatoms. The van der Waals surface area contributed by atoms with Crippen LogP contribution < -0.4 is 11.0 Å². The van der Waals surface area contributed by atoms with E-state index in [1.807, 2.05) is 13.8 Å². The van der Waals surface area contributed by atoms with Gasteiger partial charge in [-0.1, -0.05) is 31.5 Å². The third-order valence-corrected chi connectivity index (χ3v) is 5.38. The lowest BCUT2D eigenvalue weighted by molar-refractivity contribution is 0.0523. The van der Waals surface area contributed by atoms with E-state index in [0.717, 1.165) is 0 Å². The van der Waals surface area contributed by atoms with Gasteiger partial charge in [-0.25, -0.2) is 9.78 Å². The highest BCUT2D eigenvalue weighted by Gasteiger charge is 2.20. The van der Waals surface area contributed by atoms with Gasteiger partial charge in [0, 0.05) is 23.3 Å². The van der Waals surface area contributed by atoms with E-state index < -0.39 is 11.9 Å². The van der Waals surface area contributed by atoms with Crippen molar-refractivity contribution < 1.29 is 14.3 Å². The van der Waals surface area contributed by atoms with Crippen LogP contribution in [0.25, 0.3) is 16.7 Å². The topological polar surface area (TPSA) is 95.0 Å². The molecular formula is C25H23ClN4O4. The minimum absolute atomic E-state index is 0.0205. The first-order chi connectivity index (χ1) is 16.3. The molecule has 0 atom stereocenters. The zero-order valence-electron chi connectivity index (χ0n) is 19.0. The molecule has 3 aromatic heterocycles. The first kappa shape index (κ1) is 23.4. The van der Waals surface area contributed by atoms with Gasteiger partial charge in [0.2, 0.25) is 0 Å². The predicted molar refractivity (Wildman–Crippen MR) is 129 cm³/mol. The molecule has 0 fully saturated rings. The highest BCUT2D eigenvalue weighted by molar-refractivity contribution is 6.30. The van der Waals surface area contributed by atoms with Crippen LogP contribution >= 0.6 is 11.6 Å². The summed E-state index contributed by atoms with van der Waals surface area (Å²) in [7, 11) is 0. The number of carbonyl (C=O) groups is 2. The lowest BCUT2D eigenvalue weighted by Gasteiger charge is -2.16. The molecule has 0 N–H and O–H groups in total. The summed E-state index contributed by atoms with van der Waals surface area (Å²) >= 11 is 5.94. The van der Waals surface area contributed by atoms with Crippen LogP contribution in [0.3, 0.4) is 0 Å². The van der Waals surface area contributed by atoms with Crippen molar-refractivity contribution in [2.24, 2.45) is 10.9 Å². The van der Waals surface area contributed by atoms with Crippen molar-refractivity contribution in [1.82, 2.24) is 14.0 Å². The Morgan fingerprint density at radius 1 is 1.15 bits per heavy atom. The van der Waals surface area contributed by atoms with Gasteiger partial charge in [-0.05, 0) is 55.3 Å². The van der Waals surface area contributed by atoms with Crippen molar-refractivity contribution in [1.29, 1.82) is 0 Å². The molecule has 0 radical (unpaired) electrons. The maximum atomic E-state index is 13.3. The third-order valence-electron chi connectivity index (χ3n) is 5.13. The van der Waals surface area contributed by atoms with E-state index in [1.165, 1.54) is 10.5 Å². The first-order valence-corrected chi connectivity index (χ1v) is 11.2. The smallest absolute Gasteiger partial charge is 0.341 e. The van der Waals surface area contributed by atoms with E-state index in [2.05, 4.69) is 9.98 Å². The molecule has 0 unspecified atom stereocenters. The number of hydrogen-bond donors (Lipinski definition) is 0. The molecule has 1 aromatic carbocycles. The third kappa shape index (κ3) is 4.49. The van der Waals surface area contributed by atoms with Crippen molar-refractivity contribution >= 4 is 40.2 Å². The van der Waals surface area contributed by atoms with Crippen molar-refractivity contribution in [2.45, 2.75) is 27.3 Å². The van der Waals surface area contributed by atoms with Crippen LogP contribution in [-0.4, -0.2) is 32.4 Å². The molecule has 0 spiro atoms. The second kappa shape index (κ2) is 9.61. The van der Waals surface area contributed by atoms with Gasteiger partial charge in [-0.3, -0.25) is 14.0 Å². The Morgan fingerprint density at radius 3 is 2.56 bits per heavy atom. The number of ether oxygens (including phenoxy) is 1. The average molecular weight is 479 g/mol. The van der Waals surface area contributed by atoms with Crippen LogP contribution in [0.2, 0.25) is 5.02 Å². The number of halogens is 1. The van der Waals surface area contributed by atoms with Gasteiger partial charge in [-0.2, -0.15) is 4.99 Å². The molecule has 0 bridgehead atoms. The summed E-state index contributed by atoms with van der Waals surface area (Å²) in [5.74, 6) is -1.14.